The highest BCUT2D eigenvalue weighted by Crippen LogP contribution is 2.17. The van der Waals surface area contributed by atoms with Crippen molar-refractivity contribution in [3.63, 3.8) is 0 Å². The molecule has 0 atom stereocenters. The van der Waals surface area contributed by atoms with Crippen LogP contribution in [-0.4, -0.2) is 36.3 Å². The fourth-order valence-electron chi connectivity index (χ4n) is 1.83. The van der Waals surface area contributed by atoms with Crippen LogP contribution in [0.25, 0.3) is 0 Å². The van der Waals surface area contributed by atoms with Crippen LogP contribution < -0.4 is 5.32 Å². The van der Waals surface area contributed by atoms with Crippen molar-refractivity contribution in [3.05, 3.63) is 35.1 Å². The molecule has 1 aromatic rings. The van der Waals surface area contributed by atoms with Gasteiger partial charge >= 0.3 is 0 Å². The van der Waals surface area contributed by atoms with Crippen molar-refractivity contribution in [2.45, 2.75) is 6.42 Å². The van der Waals surface area contributed by atoms with Crippen molar-refractivity contribution < 1.29 is 22.8 Å². The van der Waals surface area contributed by atoms with Gasteiger partial charge in [0.2, 0.25) is 5.91 Å². The van der Waals surface area contributed by atoms with Gasteiger partial charge in [-0.25, -0.2) is 13.2 Å². The van der Waals surface area contributed by atoms with Crippen LogP contribution in [0.2, 0.25) is 0 Å². The Labute approximate surface area is 107 Å². The molecular weight excluding hydrogens is 261 g/mol. The monoisotopic (exact) mass is 272 g/mol. The van der Waals surface area contributed by atoms with Gasteiger partial charge in [0.1, 0.15) is 0 Å². The Bertz CT molecular complexity index is 534. The molecule has 0 aromatic heterocycles. The molecule has 0 bridgehead atoms. The first kappa shape index (κ1) is 13.4. The van der Waals surface area contributed by atoms with Gasteiger partial charge < -0.3 is 10.2 Å². The van der Waals surface area contributed by atoms with Gasteiger partial charge in [0, 0.05) is 26.1 Å². The molecule has 2 rings (SSSR count). The number of halogens is 3. The molecule has 0 radical (unpaired) electrons. The van der Waals surface area contributed by atoms with Crippen molar-refractivity contribution in [2.75, 3.05) is 19.6 Å². The van der Waals surface area contributed by atoms with Crippen LogP contribution in [0.4, 0.5) is 13.2 Å². The second-order valence-corrected chi connectivity index (χ2v) is 4.12. The third-order valence-electron chi connectivity index (χ3n) is 2.87. The molecule has 102 valence electrons. The summed E-state index contributed by atoms with van der Waals surface area (Å²) in [4.78, 5) is 24.4. The van der Waals surface area contributed by atoms with E-state index in [-0.39, 0.29) is 32.0 Å². The lowest BCUT2D eigenvalue weighted by Crippen LogP contribution is -2.34. The molecule has 2 amide bonds. The van der Waals surface area contributed by atoms with Gasteiger partial charge in [-0.15, -0.1) is 0 Å². The summed E-state index contributed by atoms with van der Waals surface area (Å²) in [5.74, 6) is -5.49. The number of carbonyl (C=O) groups excluding carboxylic acids is 2. The Morgan fingerprint density at radius 1 is 1.16 bits per heavy atom. The molecule has 1 N–H and O–H groups in total. The molecular formula is C12H11F3N2O2. The fourth-order valence-corrected chi connectivity index (χ4v) is 1.83. The zero-order valence-electron chi connectivity index (χ0n) is 9.88. The minimum atomic E-state index is -1.67. The van der Waals surface area contributed by atoms with Gasteiger partial charge in [0.15, 0.2) is 17.5 Å². The minimum Gasteiger partial charge on any atom is -0.354 e. The van der Waals surface area contributed by atoms with Crippen molar-refractivity contribution in [3.8, 4) is 0 Å². The average molecular weight is 272 g/mol. The first-order valence-corrected chi connectivity index (χ1v) is 5.70. The lowest BCUT2D eigenvalue weighted by atomic mass is 10.1. The molecule has 4 nitrogen and oxygen atoms in total. The summed E-state index contributed by atoms with van der Waals surface area (Å²) in [6.45, 7) is 0.558. The zero-order chi connectivity index (χ0) is 14.0. The number of rotatable bonds is 1. The molecule has 1 fully saturated rings. The highest BCUT2D eigenvalue weighted by molar-refractivity contribution is 5.95. The summed E-state index contributed by atoms with van der Waals surface area (Å²) in [7, 11) is 0. The van der Waals surface area contributed by atoms with Crippen LogP contribution >= 0.6 is 0 Å². The number of nitrogens with zero attached hydrogens (tertiary/aromatic N) is 1. The molecule has 0 aliphatic carbocycles. The highest BCUT2D eigenvalue weighted by Gasteiger charge is 2.24. The topological polar surface area (TPSA) is 49.4 Å². The summed E-state index contributed by atoms with van der Waals surface area (Å²) in [5, 5.41) is 2.56. The summed E-state index contributed by atoms with van der Waals surface area (Å²) >= 11 is 0. The second kappa shape index (κ2) is 5.29. The number of benzene rings is 1. The number of carbonyl (C=O) groups is 2. The summed E-state index contributed by atoms with van der Waals surface area (Å²) in [5.41, 5.74) is -0.534. The summed E-state index contributed by atoms with van der Waals surface area (Å²) in [6.07, 6.45) is 0.0943. The van der Waals surface area contributed by atoms with Crippen LogP contribution in [0.15, 0.2) is 12.1 Å². The van der Waals surface area contributed by atoms with Gasteiger partial charge in [-0.1, -0.05) is 0 Å². The van der Waals surface area contributed by atoms with E-state index in [0.717, 1.165) is 6.07 Å². The second-order valence-electron chi connectivity index (χ2n) is 4.12. The van der Waals surface area contributed by atoms with Gasteiger partial charge in [0.25, 0.3) is 5.91 Å². The Hall–Kier alpha value is -2.05. The van der Waals surface area contributed by atoms with Crippen LogP contribution in [0, 0.1) is 17.5 Å². The van der Waals surface area contributed by atoms with Gasteiger partial charge in [-0.2, -0.15) is 0 Å². The van der Waals surface area contributed by atoms with E-state index >= 15 is 0 Å². The maximum absolute atomic E-state index is 13.5. The van der Waals surface area contributed by atoms with Crippen molar-refractivity contribution in [2.24, 2.45) is 0 Å². The third kappa shape index (κ3) is 2.69. The number of amides is 2. The third-order valence-corrected chi connectivity index (χ3v) is 2.87. The van der Waals surface area contributed by atoms with E-state index in [9.17, 15) is 22.8 Å². The first-order valence-electron chi connectivity index (χ1n) is 5.70. The maximum atomic E-state index is 13.5. The molecule has 0 spiro atoms. The SMILES string of the molecule is O=C1CCN(C(=O)c2ccc(F)c(F)c2F)CCN1. The average Bonchev–Trinajstić information content (AvgIpc) is 2.60. The molecule has 7 heteroatoms. The zero-order valence-corrected chi connectivity index (χ0v) is 9.88. The minimum absolute atomic E-state index is 0.0943. The van der Waals surface area contributed by atoms with Crippen LogP contribution in [-0.2, 0) is 4.79 Å². The van der Waals surface area contributed by atoms with Crippen molar-refractivity contribution in [1.82, 2.24) is 10.2 Å². The van der Waals surface area contributed by atoms with E-state index in [1.165, 1.54) is 4.90 Å². The number of hydrogen-bond donors (Lipinski definition) is 1. The summed E-state index contributed by atoms with van der Waals surface area (Å²) < 4.78 is 39.4. The normalized spacial score (nSPS) is 15.9. The van der Waals surface area contributed by atoms with Crippen LogP contribution in [0.1, 0.15) is 16.8 Å². The Morgan fingerprint density at radius 3 is 2.63 bits per heavy atom. The van der Waals surface area contributed by atoms with E-state index in [4.69, 9.17) is 0 Å². The lowest BCUT2D eigenvalue weighted by molar-refractivity contribution is -0.120. The molecule has 1 aromatic carbocycles. The standard InChI is InChI=1S/C12H11F3N2O2/c13-8-2-1-7(10(14)11(8)15)12(19)17-5-3-9(18)16-4-6-17/h1-2H,3-6H2,(H,16,18). The molecule has 1 heterocycles. The number of nitrogens with one attached hydrogen (secondary N) is 1. The maximum Gasteiger partial charge on any atom is 0.257 e. The Balaban J connectivity index is 2.24. The lowest BCUT2D eigenvalue weighted by Gasteiger charge is -2.19. The van der Waals surface area contributed by atoms with E-state index in [0.29, 0.717) is 6.07 Å². The van der Waals surface area contributed by atoms with Gasteiger partial charge in [-0.3, -0.25) is 9.59 Å². The van der Waals surface area contributed by atoms with Crippen molar-refractivity contribution in [1.29, 1.82) is 0 Å². The van der Waals surface area contributed by atoms with Crippen LogP contribution in [0.5, 0.6) is 0 Å². The van der Waals surface area contributed by atoms with E-state index in [1.54, 1.807) is 0 Å². The van der Waals surface area contributed by atoms with Crippen molar-refractivity contribution >= 4 is 11.8 Å². The smallest absolute Gasteiger partial charge is 0.257 e. The van der Waals surface area contributed by atoms with Crippen LogP contribution in [0.3, 0.4) is 0 Å². The molecule has 1 aliphatic rings. The first-order chi connectivity index (χ1) is 9.00. The Kier molecular flexibility index (Phi) is 3.73. The molecule has 1 saturated heterocycles. The van der Waals surface area contributed by atoms with E-state index < -0.39 is 28.9 Å². The predicted octanol–water partition coefficient (Wildman–Crippen LogP) is 1.07. The van der Waals surface area contributed by atoms with Gasteiger partial charge in [0.05, 0.1) is 5.56 Å². The van der Waals surface area contributed by atoms with E-state index in [2.05, 4.69) is 5.32 Å². The number of hydrogen-bond acceptors (Lipinski definition) is 2. The molecule has 1 aliphatic heterocycles. The fraction of sp³-hybridized carbons (Fsp3) is 0.333. The molecule has 0 unspecified atom stereocenters. The largest absolute Gasteiger partial charge is 0.354 e. The highest BCUT2D eigenvalue weighted by atomic mass is 19.2. The molecule has 19 heavy (non-hydrogen) atoms. The Morgan fingerprint density at radius 2 is 1.89 bits per heavy atom. The van der Waals surface area contributed by atoms with E-state index in [1.807, 2.05) is 0 Å². The van der Waals surface area contributed by atoms with Gasteiger partial charge in [-0.05, 0) is 12.1 Å². The predicted molar refractivity (Wildman–Crippen MR) is 59.8 cm³/mol. The summed E-state index contributed by atoms with van der Waals surface area (Å²) in [6, 6.07) is 1.60. The molecule has 0 saturated carbocycles. The quantitative estimate of drug-likeness (QED) is 0.777.